The van der Waals surface area contributed by atoms with Gasteiger partial charge in [0.15, 0.2) is 0 Å². The van der Waals surface area contributed by atoms with Gasteiger partial charge in [-0.2, -0.15) is 4.79 Å². The zero-order valence-electron chi connectivity index (χ0n) is 15.1. The molecule has 0 aliphatic rings. The largest absolute Gasteiger partial charge is 0.445 e. The Bertz CT molecular complexity index is 1030. The summed E-state index contributed by atoms with van der Waals surface area (Å²) in [5, 5.41) is 4.68. The number of carbonyl (C=O) groups is 2. The zero-order valence-corrected chi connectivity index (χ0v) is 15.1. The highest BCUT2D eigenvalue weighted by Gasteiger charge is 2.23. The van der Waals surface area contributed by atoms with E-state index in [1.807, 2.05) is 72.8 Å². The number of rotatable bonds is 7. The van der Waals surface area contributed by atoms with Crippen molar-refractivity contribution in [2.24, 2.45) is 0 Å². The third kappa shape index (κ3) is 5.13. The highest BCUT2D eigenvalue weighted by Crippen LogP contribution is 2.17. The molecule has 0 bridgehead atoms. The molecule has 0 aromatic heterocycles. The van der Waals surface area contributed by atoms with Crippen LogP contribution in [0.25, 0.3) is 16.3 Å². The molecule has 3 rings (SSSR count). The van der Waals surface area contributed by atoms with Crippen LogP contribution in [0.15, 0.2) is 72.8 Å². The molecule has 0 saturated heterocycles. The molecule has 3 aromatic rings. The number of nitrogens with one attached hydrogen (secondary N) is 1. The van der Waals surface area contributed by atoms with Crippen LogP contribution in [-0.2, 0) is 22.6 Å². The van der Waals surface area contributed by atoms with Crippen LogP contribution in [0, 0.1) is 0 Å². The van der Waals surface area contributed by atoms with Gasteiger partial charge in [0.25, 0.3) is 5.78 Å². The summed E-state index contributed by atoms with van der Waals surface area (Å²) >= 11 is 0. The second kappa shape index (κ2) is 9.26. The summed E-state index contributed by atoms with van der Waals surface area (Å²) in [6, 6.07) is 22.0. The van der Waals surface area contributed by atoms with Crippen LogP contribution in [0.5, 0.6) is 0 Å². The molecule has 1 N–H and O–H groups in total. The maximum Gasteiger partial charge on any atom is 0.408 e. The first-order valence-electron chi connectivity index (χ1n) is 8.82. The van der Waals surface area contributed by atoms with Gasteiger partial charge < -0.3 is 15.6 Å². The summed E-state index contributed by atoms with van der Waals surface area (Å²) in [5.74, 6) is -0.521. The minimum atomic E-state index is -0.902. The smallest absolute Gasteiger partial charge is 0.408 e. The summed E-state index contributed by atoms with van der Waals surface area (Å²) in [6.07, 6.45) is 0.314. The Balaban J connectivity index is 1.70. The molecule has 1 unspecified atom stereocenters. The predicted octanol–water partition coefficient (Wildman–Crippen LogP) is 3.55. The number of ketones is 1. The number of amides is 1. The molecular weight excluding hydrogens is 354 g/mol. The normalized spacial score (nSPS) is 11.3. The number of carbonyl (C=O) groups excluding carboxylic acids is 2. The van der Waals surface area contributed by atoms with Crippen molar-refractivity contribution in [3.63, 3.8) is 0 Å². The van der Waals surface area contributed by atoms with Gasteiger partial charge in [0.05, 0.1) is 0 Å². The van der Waals surface area contributed by atoms with E-state index in [0.29, 0.717) is 0 Å². The standard InChI is InChI=1S/C22H19N3O3/c23-24-14-21(26)20(25-22(27)28-15-16-6-2-1-3-7-16)13-17-10-11-18-8-4-5-9-19(18)12-17/h1-12,14,20H,13,15H2,(H,25,27). The van der Waals surface area contributed by atoms with E-state index in [2.05, 4.69) is 10.1 Å². The Kier molecular flexibility index (Phi) is 6.29. The number of benzene rings is 3. The van der Waals surface area contributed by atoms with Crippen LogP contribution in [0.3, 0.4) is 0 Å². The molecule has 0 saturated carbocycles. The van der Waals surface area contributed by atoms with Crippen molar-refractivity contribution < 1.29 is 19.1 Å². The van der Waals surface area contributed by atoms with E-state index in [1.54, 1.807) is 0 Å². The lowest BCUT2D eigenvalue weighted by Gasteiger charge is -2.15. The van der Waals surface area contributed by atoms with Gasteiger partial charge in [-0.05, 0) is 21.9 Å². The Hall–Kier alpha value is -3.76. The van der Waals surface area contributed by atoms with Crippen LogP contribution in [0.1, 0.15) is 11.1 Å². The topological polar surface area (TPSA) is 91.8 Å². The first kappa shape index (κ1) is 19.0. The Morgan fingerprint density at radius 3 is 2.43 bits per heavy atom. The minimum Gasteiger partial charge on any atom is -0.445 e. The van der Waals surface area contributed by atoms with Crippen molar-refractivity contribution in [1.29, 1.82) is 0 Å². The molecule has 6 nitrogen and oxygen atoms in total. The van der Waals surface area contributed by atoms with Crippen molar-refractivity contribution >= 4 is 28.9 Å². The Morgan fingerprint density at radius 1 is 0.964 bits per heavy atom. The third-order valence-corrected chi connectivity index (χ3v) is 4.29. The molecule has 0 aliphatic heterocycles. The predicted molar refractivity (Wildman–Crippen MR) is 106 cm³/mol. The van der Waals surface area contributed by atoms with E-state index in [1.165, 1.54) is 0 Å². The van der Waals surface area contributed by atoms with E-state index in [0.717, 1.165) is 28.1 Å². The van der Waals surface area contributed by atoms with Gasteiger partial charge in [0.1, 0.15) is 12.6 Å². The van der Waals surface area contributed by atoms with Gasteiger partial charge in [-0.15, -0.1) is 0 Å². The molecule has 0 radical (unpaired) electrons. The lowest BCUT2D eigenvalue weighted by molar-refractivity contribution is -0.117. The molecule has 0 fully saturated rings. The van der Waals surface area contributed by atoms with Crippen LogP contribution < -0.4 is 5.32 Å². The molecule has 6 heteroatoms. The molecule has 1 amide bonds. The lowest BCUT2D eigenvalue weighted by Crippen LogP contribution is -2.43. The molecule has 1 atom stereocenters. The second-order valence-corrected chi connectivity index (χ2v) is 6.29. The first-order chi connectivity index (χ1) is 13.7. The molecule has 0 heterocycles. The summed E-state index contributed by atoms with van der Waals surface area (Å²) in [6.45, 7) is 0.0949. The average Bonchev–Trinajstić information content (AvgIpc) is 2.72. The lowest BCUT2D eigenvalue weighted by atomic mass is 10.00. The highest BCUT2D eigenvalue weighted by molar-refractivity contribution is 6.28. The van der Waals surface area contributed by atoms with E-state index < -0.39 is 17.9 Å². The fraction of sp³-hybridized carbons (Fsp3) is 0.136. The summed E-state index contributed by atoms with van der Waals surface area (Å²) < 4.78 is 5.19. The van der Waals surface area contributed by atoms with Crippen molar-refractivity contribution in [1.82, 2.24) is 5.32 Å². The molecular formula is C22H19N3O3. The van der Waals surface area contributed by atoms with E-state index in [-0.39, 0.29) is 13.0 Å². The average molecular weight is 373 g/mol. The minimum absolute atomic E-state index is 0.0949. The molecule has 3 aromatic carbocycles. The van der Waals surface area contributed by atoms with Gasteiger partial charge in [-0.1, -0.05) is 72.8 Å². The van der Waals surface area contributed by atoms with Crippen LogP contribution in [0.2, 0.25) is 0 Å². The van der Waals surface area contributed by atoms with Gasteiger partial charge in [-0.3, -0.25) is 4.79 Å². The number of Topliss-reactive ketones (excluding diaryl/α,β-unsaturated/α-hetero) is 1. The van der Waals surface area contributed by atoms with Crippen LogP contribution in [0.4, 0.5) is 4.79 Å². The Labute approximate surface area is 162 Å². The molecule has 140 valence electrons. The van der Waals surface area contributed by atoms with E-state index in [4.69, 9.17) is 10.3 Å². The molecule has 28 heavy (non-hydrogen) atoms. The highest BCUT2D eigenvalue weighted by atomic mass is 16.5. The summed E-state index contributed by atoms with van der Waals surface area (Å²) in [4.78, 5) is 27.2. The maximum atomic E-state index is 12.2. The van der Waals surface area contributed by atoms with E-state index >= 15 is 0 Å². The van der Waals surface area contributed by atoms with E-state index in [9.17, 15) is 9.59 Å². The number of fused-ring (bicyclic) bond motifs is 1. The quantitative estimate of drug-likeness (QED) is 0.390. The van der Waals surface area contributed by atoms with Crippen molar-refractivity contribution in [2.75, 3.05) is 0 Å². The zero-order chi connectivity index (χ0) is 19.8. The number of alkyl carbamates (subject to hydrolysis) is 1. The van der Waals surface area contributed by atoms with Crippen molar-refractivity contribution in [3.05, 3.63) is 89.5 Å². The van der Waals surface area contributed by atoms with Crippen LogP contribution >= 0.6 is 0 Å². The Morgan fingerprint density at radius 2 is 1.68 bits per heavy atom. The number of ether oxygens (including phenoxy) is 1. The van der Waals surface area contributed by atoms with Crippen LogP contribution in [-0.4, -0.2) is 28.9 Å². The van der Waals surface area contributed by atoms with Gasteiger partial charge in [0.2, 0.25) is 0 Å². The monoisotopic (exact) mass is 373 g/mol. The molecule has 0 spiro atoms. The first-order valence-corrected chi connectivity index (χ1v) is 8.82. The van der Waals surface area contributed by atoms with Gasteiger partial charge in [-0.25, -0.2) is 4.79 Å². The fourth-order valence-corrected chi connectivity index (χ4v) is 2.88. The second-order valence-electron chi connectivity index (χ2n) is 6.29. The van der Waals surface area contributed by atoms with Crippen molar-refractivity contribution in [2.45, 2.75) is 19.1 Å². The number of hydrogen-bond acceptors (Lipinski definition) is 3. The van der Waals surface area contributed by atoms with Gasteiger partial charge >= 0.3 is 12.3 Å². The summed E-state index contributed by atoms with van der Waals surface area (Å²) in [7, 11) is 0. The maximum absolute atomic E-state index is 12.2. The fourth-order valence-electron chi connectivity index (χ4n) is 2.88. The van der Waals surface area contributed by atoms with Gasteiger partial charge in [0, 0.05) is 6.42 Å². The number of hydrogen-bond donors (Lipinski definition) is 1. The molecule has 0 aliphatic carbocycles. The SMILES string of the molecule is [N-]=[N+]=CC(=O)C(Cc1ccc2ccccc2c1)NC(=O)OCc1ccccc1. The third-order valence-electron chi connectivity index (χ3n) is 4.29. The summed E-state index contributed by atoms with van der Waals surface area (Å²) in [5.41, 5.74) is 10.4. The number of nitrogens with zero attached hydrogens (tertiary/aromatic N) is 2. The van der Waals surface area contributed by atoms with Crippen molar-refractivity contribution in [3.8, 4) is 0 Å².